The Morgan fingerprint density at radius 3 is 2.75 bits per heavy atom. The van der Waals surface area contributed by atoms with Crippen molar-refractivity contribution in [3.05, 3.63) is 22.7 Å². The molecule has 1 saturated carbocycles. The van der Waals surface area contributed by atoms with Crippen molar-refractivity contribution in [2.24, 2.45) is 11.7 Å². The molecule has 1 fully saturated rings. The van der Waals surface area contributed by atoms with Crippen molar-refractivity contribution >= 4 is 17.6 Å². The first-order valence-corrected chi connectivity index (χ1v) is 6.87. The van der Waals surface area contributed by atoms with Gasteiger partial charge in [0.2, 0.25) is 0 Å². The zero-order chi connectivity index (χ0) is 14.7. The number of carbonyl (C=O) groups is 1. The number of benzene rings is 1. The van der Waals surface area contributed by atoms with Gasteiger partial charge in [-0.1, -0.05) is 11.6 Å². The summed E-state index contributed by atoms with van der Waals surface area (Å²) in [5.41, 5.74) is 6.04. The number of carboxylic acids is 1. The van der Waals surface area contributed by atoms with E-state index in [2.05, 4.69) is 0 Å². The first kappa shape index (κ1) is 14.9. The van der Waals surface area contributed by atoms with Gasteiger partial charge in [-0.25, -0.2) is 0 Å². The minimum atomic E-state index is -0.984. The van der Waals surface area contributed by atoms with E-state index in [4.69, 9.17) is 31.9 Å². The molecule has 1 aromatic carbocycles. The molecule has 0 heterocycles. The highest BCUT2D eigenvalue weighted by Crippen LogP contribution is 2.39. The first-order chi connectivity index (χ1) is 9.56. The van der Waals surface area contributed by atoms with E-state index in [1.807, 2.05) is 0 Å². The minimum absolute atomic E-state index is 0.0000556. The Bertz CT molecular complexity index is 502. The van der Waals surface area contributed by atoms with Gasteiger partial charge in [0.15, 0.2) is 11.5 Å². The van der Waals surface area contributed by atoms with E-state index in [1.54, 1.807) is 12.1 Å². The fourth-order valence-corrected chi connectivity index (χ4v) is 2.26. The number of hydrogen-bond acceptors (Lipinski definition) is 4. The number of rotatable bonds is 7. The lowest BCUT2D eigenvalue weighted by atomic mass is 9.99. The Balaban J connectivity index is 2.30. The molecule has 0 spiro atoms. The number of hydrogen-bond donors (Lipinski definition) is 2. The minimum Gasteiger partial charge on any atom is -0.491 e. The number of ether oxygens (including phenoxy) is 2. The Labute approximate surface area is 122 Å². The molecule has 110 valence electrons. The van der Waals surface area contributed by atoms with Gasteiger partial charge in [0.25, 0.3) is 0 Å². The topological polar surface area (TPSA) is 81.8 Å². The normalized spacial score (nSPS) is 15.8. The van der Waals surface area contributed by atoms with Crippen molar-refractivity contribution in [1.29, 1.82) is 0 Å². The molecule has 3 N–H and O–H groups in total. The lowest BCUT2D eigenvalue weighted by Gasteiger charge is -2.16. The van der Waals surface area contributed by atoms with Crippen LogP contribution in [0.1, 0.15) is 24.3 Å². The van der Waals surface area contributed by atoms with Crippen molar-refractivity contribution < 1.29 is 19.4 Å². The third-order valence-corrected chi connectivity index (χ3v) is 3.62. The highest BCUT2D eigenvalue weighted by molar-refractivity contribution is 6.32. The number of methoxy groups -OCH3 is 1. The molecular weight excluding hydrogens is 282 g/mol. The van der Waals surface area contributed by atoms with Gasteiger partial charge in [0, 0.05) is 6.54 Å². The molecule has 6 heteroatoms. The van der Waals surface area contributed by atoms with Crippen molar-refractivity contribution in [2.45, 2.75) is 18.8 Å². The van der Waals surface area contributed by atoms with E-state index < -0.39 is 11.9 Å². The maximum atomic E-state index is 11.2. The molecule has 0 saturated heterocycles. The van der Waals surface area contributed by atoms with Gasteiger partial charge in [-0.05, 0) is 36.5 Å². The van der Waals surface area contributed by atoms with E-state index >= 15 is 0 Å². The van der Waals surface area contributed by atoms with Gasteiger partial charge in [-0.2, -0.15) is 0 Å². The van der Waals surface area contributed by atoms with Gasteiger partial charge in [-0.15, -0.1) is 0 Å². The summed E-state index contributed by atoms with van der Waals surface area (Å²) >= 11 is 6.13. The summed E-state index contributed by atoms with van der Waals surface area (Å²) in [7, 11) is 1.50. The first-order valence-electron chi connectivity index (χ1n) is 6.50. The molecule has 5 nitrogen and oxygen atoms in total. The summed E-state index contributed by atoms with van der Waals surface area (Å²) in [6, 6.07) is 3.22. The highest BCUT2D eigenvalue weighted by Gasteiger charge is 2.25. The summed E-state index contributed by atoms with van der Waals surface area (Å²) < 4.78 is 10.9. The van der Waals surface area contributed by atoms with E-state index in [-0.39, 0.29) is 6.54 Å². The monoisotopic (exact) mass is 299 g/mol. The van der Waals surface area contributed by atoms with Crippen LogP contribution in [0.3, 0.4) is 0 Å². The molecule has 20 heavy (non-hydrogen) atoms. The van der Waals surface area contributed by atoms with Crippen LogP contribution in [0.5, 0.6) is 11.5 Å². The maximum Gasteiger partial charge on any atom is 0.312 e. The van der Waals surface area contributed by atoms with E-state index in [0.717, 1.165) is 12.8 Å². The van der Waals surface area contributed by atoms with Crippen LogP contribution in [0, 0.1) is 5.92 Å². The Hall–Kier alpha value is -1.46. The fraction of sp³-hybridized carbons (Fsp3) is 0.500. The predicted molar refractivity (Wildman–Crippen MR) is 75.7 cm³/mol. The molecule has 2 rings (SSSR count). The average molecular weight is 300 g/mol. The van der Waals surface area contributed by atoms with E-state index in [1.165, 1.54) is 7.11 Å². The van der Waals surface area contributed by atoms with Gasteiger partial charge in [0.1, 0.15) is 0 Å². The molecule has 0 bridgehead atoms. The molecule has 0 aliphatic heterocycles. The molecule has 1 aromatic rings. The third-order valence-electron chi connectivity index (χ3n) is 3.34. The lowest BCUT2D eigenvalue weighted by molar-refractivity contribution is -0.138. The molecule has 0 aromatic heterocycles. The standard InChI is InChI=1S/C14H18ClNO4/c1-19-13-11(15)4-9(10(6-16)14(17)18)5-12(13)20-7-8-2-3-8/h4-5,8,10H,2-3,6-7,16H2,1H3,(H,17,18). The fourth-order valence-electron chi connectivity index (χ4n) is 1.97. The number of aliphatic carboxylic acids is 1. The molecule has 1 atom stereocenters. The number of carboxylic acid groups (broad SMARTS) is 1. The maximum absolute atomic E-state index is 11.2. The third kappa shape index (κ3) is 3.35. The van der Waals surface area contributed by atoms with Crippen LogP contribution in [0.15, 0.2) is 12.1 Å². The molecular formula is C14H18ClNO4. The van der Waals surface area contributed by atoms with Gasteiger partial charge in [-0.3, -0.25) is 4.79 Å². The van der Waals surface area contributed by atoms with Crippen LogP contribution >= 0.6 is 11.6 Å². The second-order valence-electron chi connectivity index (χ2n) is 4.92. The van der Waals surface area contributed by atoms with Gasteiger partial charge < -0.3 is 20.3 Å². The summed E-state index contributed by atoms with van der Waals surface area (Å²) in [5.74, 6) is -0.311. The van der Waals surface area contributed by atoms with Gasteiger partial charge >= 0.3 is 5.97 Å². The average Bonchev–Trinajstić information content (AvgIpc) is 3.20. The summed E-state index contributed by atoms with van der Waals surface area (Å²) in [6.45, 7) is 0.594. The summed E-state index contributed by atoms with van der Waals surface area (Å²) in [6.07, 6.45) is 2.33. The Kier molecular flexibility index (Phi) is 4.73. The highest BCUT2D eigenvalue weighted by atomic mass is 35.5. The van der Waals surface area contributed by atoms with Crippen LogP contribution in [0.25, 0.3) is 0 Å². The molecule has 1 unspecified atom stereocenters. The second-order valence-corrected chi connectivity index (χ2v) is 5.32. The second kappa shape index (κ2) is 6.33. The van der Waals surface area contributed by atoms with Gasteiger partial charge in [0.05, 0.1) is 24.7 Å². The van der Waals surface area contributed by atoms with Crippen molar-refractivity contribution in [3.63, 3.8) is 0 Å². The number of halogens is 1. The Morgan fingerprint density at radius 2 is 2.25 bits per heavy atom. The summed E-state index contributed by atoms with van der Waals surface area (Å²) in [4.78, 5) is 11.2. The van der Waals surface area contributed by atoms with Crippen LogP contribution in [-0.4, -0.2) is 31.3 Å². The Morgan fingerprint density at radius 1 is 1.55 bits per heavy atom. The molecule has 0 radical (unpaired) electrons. The van der Waals surface area contributed by atoms with Crippen LogP contribution in [0.4, 0.5) is 0 Å². The molecule has 1 aliphatic carbocycles. The predicted octanol–water partition coefficient (Wildman–Crippen LogP) is 2.26. The lowest BCUT2D eigenvalue weighted by Crippen LogP contribution is -2.21. The van der Waals surface area contributed by atoms with E-state index in [0.29, 0.717) is 34.6 Å². The smallest absolute Gasteiger partial charge is 0.312 e. The van der Waals surface area contributed by atoms with E-state index in [9.17, 15) is 4.79 Å². The molecule has 0 amide bonds. The SMILES string of the molecule is COc1c(Cl)cc(C(CN)C(=O)O)cc1OCC1CC1. The zero-order valence-corrected chi connectivity index (χ0v) is 12.0. The van der Waals surface area contributed by atoms with Crippen LogP contribution < -0.4 is 15.2 Å². The van der Waals surface area contributed by atoms with Crippen molar-refractivity contribution in [3.8, 4) is 11.5 Å². The number of nitrogens with two attached hydrogens (primary N) is 1. The largest absolute Gasteiger partial charge is 0.491 e. The van der Waals surface area contributed by atoms with Crippen molar-refractivity contribution in [2.75, 3.05) is 20.3 Å². The zero-order valence-electron chi connectivity index (χ0n) is 11.3. The quantitative estimate of drug-likeness (QED) is 0.807. The van der Waals surface area contributed by atoms with Crippen molar-refractivity contribution in [1.82, 2.24) is 0 Å². The van der Waals surface area contributed by atoms with Crippen LogP contribution in [-0.2, 0) is 4.79 Å². The summed E-state index contributed by atoms with van der Waals surface area (Å²) in [5, 5.41) is 9.50. The van der Waals surface area contributed by atoms with Crippen LogP contribution in [0.2, 0.25) is 5.02 Å². The molecule has 1 aliphatic rings.